The zero-order chi connectivity index (χ0) is 7.23. The molecule has 4 heteroatoms. The molecule has 0 atom stereocenters. The number of hydrogen-bond donors (Lipinski definition) is 0. The molecule has 0 aromatic carbocycles. The number of rotatable bonds is 2. The second-order valence-corrected chi connectivity index (χ2v) is 1.55. The van der Waals surface area contributed by atoms with Gasteiger partial charge in [0.2, 0.25) is 0 Å². The molecule has 0 aliphatic heterocycles. The lowest BCUT2D eigenvalue weighted by Crippen LogP contribution is -1.87. The van der Waals surface area contributed by atoms with Crippen LogP contribution in [0.5, 0.6) is 0 Å². The Morgan fingerprint density at radius 1 is 1.60 bits per heavy atom. The van der Waals surface area contributed by atoms with Crippen molar-refractivity contribution in [3.63, 3.8) is 0 Å². The summed E-state index contributed by atoms with van der Waals surface area (Å²) in [6.07, 6.45) is 6.29. The summed E-state index contributed by atoms with van der Waals surface area (Å²) < 4.78 is 0. The van der Waals surface area contributed by atoms with Gasteiger partial charge in [-0.3, -0.25) is 9.97 Å². The van der Waals surface area contributed by atoms with Crippen LogP contribution in [0.15, 0.2) is 23.7 Å². The Kier molecular flexibility index (Phi) is 2.37. The molecule has 0 aliphatic carbocycles. The summed E-state index contributed by atoms with van der Waals surface area (Å²) in [5.41, 5.74) is 0.685. The molecule has 0 radical (unpaired) electrons. The molecule has 1 heterocycles. The lowest BCUT2D eigenvalue weighted by molar-refractivity contribution is 0.215. The molecular weight excluding hydrogens is 130 g/mol. The standard InChI is InChI=1S/C6H7N3O/c1-10-9-5-6-4-7-2-3-8-6/h2-5H,1H3/b9-5+. The Bertz CT molecular complexity index is 209. The van der Waals surface area contributed by atoms with Gasteiger partial charge in [-0.15, -0.1) is 0 Å². The second-order valence-electron chi connectivity index (χ2n) is 1.55. The van der Waals surface area contributed by atoms with Crippen molar-refractivity contribution >= 4 is 6.21 Å². The summed E-state index contributed by atoms with van der Waals surface area (Å²) in [6.45, 7) is 0. The van der Waals surface area contributed by atoms with Gasteiger partial charge >= 0.3 is 0 Å². The van der Waals surface area contributed by atoms with E-state index in [0.717, 1.165) is 0 Å². The van der Waals surface area contributed by atoms with Crippen LogP contribution >= 0.6 is 0 Å². The molecule has 1 aromatic rings. The highest BCUT2D eigenvalue weighted by Gasteiger charge is 1.83. The summed E-state index contributed by atoms with van der Waals surface area (Å²) in [4.78, 5) is 12.2. The van der Waals surface area contributed by atoms with Gasteiger partial charge in [0.05, 0.1) is 12.4 Å². The van der Waals surface area contributed by atoms with Crippen molar-refractivity contribution in [2.24, 2.45) is 5.16 Å². The van der Waals surface area contributed by atoms with Crippen LogP contribution in [0.2, 0.25) is 0 Å². The van der Waals surface area contributed by atoms with E-state index >= 15 is 0 Å². The summed E-state index contributed by atoms with van der Waals surface area (Å²) in [5.74, 6) is 0. The summed E-state index contributed by atoms with van der Waals surface area (Å²) >= 11 is 0. The summed E-state index contributed by atoms with van der Waals surface area (Å²) in [5, 5.41) is 3.51. The maximum absolute atomic E-state index is 4.45. The molecular formula is C6H7N3O. The van der Waals surface area contributed by atoms with E-state index in [9.17, 15) is 0 Å². The third-order valence-corrected chi connectivity index (χ3v) is 0.874. The molecule has 4 nitrogen and oxygen atoms in total. The van der Waals surface area contributed by atoms with E-state index in [2.05, 4.69) is 20.0 Å². The van der Waals surface area contributed by atoms with Gasteiger partial charge in [-0.25, -0.2) is 0 Å². The molecule has 52 valence electrons. The predicted molar refractivity (Wildman–Crippen MR) is 36.6 cm³/mol. The zero-order valence-electron chi connectivity index (χ0n) is 5.56. The molecule has 0 amide bonds. The molecule has 0 saturated heterocycles. The third-order valence-electron chi connectivity index (χ3n) is 0.874. The Morgan fingerprint density at radius 3 is 3.10 bits per heavy atom. The van der Waals surface area contributed by atoms with Crippen molar-refractivity contribution in [2.75, 3.05) is 7.11 Å². The minimum absolute atomic E-state index is 0.685. The van der Waals surface area contributed by atoms with Gasteiger partial charge in [0.25, 0.3) is 0 Å². The van der Waals surface area contributed by atoms with E-state index in [1.807, 2.05) is 0 Å². The largest absolute Gasteiger partial charge is 0.399 e. The highest BCUT2D eigenvalue weighted by atomic mass is 16.6. The van der Waals surface area contributed by atoms with Crippen LogP contribution in [-0.4, -0.2) is 23.3 Å². The highest BCUT2D eigenvalue weighted by Crippen LogP contribution is 1.83. The molecule has 0 unspecified atom stereocenters. The maximum atomic E-state index is 4.45. The first kappa shape index (κ1) is 6.67. The first-order valence-corrected chi connectivity index (χ1v) is 2.76. The number of hydrogen-bond acceptors (Lipinski definition) is 4. The molecule has 0 aliphatic rings. The lowest BCUT2D eigenvalue weighted by atomic mass is 10.5. The molecule has 1 rings (SSSR count). The van der Waals surface area contributed by atoms with Crippen LogP contribution in [-0.2, 0) is 4.84 Å². The van der Waals surface area contributed by atoms with E-state index in [4.69, 9.17) is 0 Å². The Balaban J connectivity index is 2.67. The Hall–Kier alpha value is -1.45. The first-order chi connectivity index (χ1) is 4.93. The third kappa shape index (κ3) is 1.81. The summed E-state index contributed by atoms with van der Waals surface area (Å²) in [6, 6.07) is 0. The van der Waals surface area contributed by atoms with Crippen LogP contribution in [0.25, 0.3) is 0 Å². The SMILES string of the molecule is CO/N=C/c1cnccn1. The molecule has 0 N–H and O–H groups in total. The smallest absolute Gasteiger partial charge is 0.106 e. The van der Waals surface area contributed by atoms with Gasteiger partial charge in [0.15, 0.2) is 0 Å². The fourth-order valence-electron chi connectivity index (χ4n) is 0.484. The fraction of sp³-hybridized carbons (Fsp3) is 0.167. The van der Waals surface area contributed by atoms with Crippen LogP contribution in [0.4, 0.5) is 0 Å². The van der Waals surface area contributed by atoms with Gasteiger partial charge in [-0.1, -0.05) is 5.16 Å². The van der Waals surface area contributed by atoms with Gasteiger partial charge in [0.1, 0.15) is 12.8 Å². The van der Waals surface area contributed by atoms with E-state index in [0.29, 0.717) is 5.69 Å². The van der Waals surface area contributed by atoms with Crippen molar-refractivity contribution in [3.8, 4) is 0 Å². The van der Waals surface area contributed by atoms with Crippen LogP contribution in [0.3, 0.4) is 0 Å². The molecule has 10 heavy (non-hydrogen) atoms. The van der Waals surface area contributed by atoms with Crippen LogP contribution in [0, 0.1) is 0 Å². The minimum atomic E-state index is 0.685. The van der Waals surface area contributed by atoms with Crippen molar-refractivity contribution < 1.29 is 4.84 Å². The number of aromatic nitrogens is 2. The normalized spacial score (nSPS) is 10.1. The summed E-state index contributed by atoms with van der Waals surface area (Å²) in [7, 11) is 1.48. The van der Waals surface area contributed by atoms with Crippen LogP contribution < -0.4 is 0 Å². The quantitative estimate of drug-likeness (QED) is 0.439. The van der Waals surface area contributed by atoms with Gasteiger partial charge in [-0.05, 0) is 0 Å². The van der Waals surface area contributed by atoms with Crippen molar-refractivity contribution in [2.45, 2.75) is 0 Å². The van der Waals surface area contributed by atoms with E-state index in [1.165, 1.54) is 13.3 Å². The van der Waals surface area contributed by atoms with Crippen molar-refractivity contribution in [3.05, 3.63) is 24.3 Å². The van der Waals surface area contributed by atoms with Gasteiger partial charge < -0.3 is 4.84 Å². The van der Waals surface area contributed by atoms with E-state index < -0.39 is 0 Å². The average Bonchev–Trinajstić information content (AvgIpc) is 2.03. The maximum Gasteiger partial charge on any atom is 0.106 e. The monoisotopic (exact) mass is 137 g/mol. The zero-order valence-corrected chi connectivity index (χ0v) is 5.56. The Labute approximate surface area is 58.6 Å². The molecule has 0 spiro atoms. The first-order valence-electron chi connectivity index (χ1n) is 2.76. The molecule has 0 fully saturated rings. The second kappa shape index (κ2) is 3.55. The number of oxime groups is 1. The van der Waals surface area contributed by atoms with E-state index in [1.54, 1.807) is 18.6 Å². The van der Waals surface area contributed by atoms with Gasteiger partial charge in [-0.2, -0.15) is 0 Å². The lowest BCUT2D eigenvalue weighted by Gasteiger charge is -1.87. The Morgan fingerprint density at radius 2 is 2.50 bits per heavy atom. The predicted octanol–water partition coefficient (Wildman–Crippen LogP) is 0.457. The number of nitrogens with zero attached hydrogens (tertiary/aromatic N) is 3. The minimum Gasteiger partial charge on any atom is -0.399 e. The molecule has 1 aromatic heterocycles. The van der Waals surface area contributed by atoms with Crippen LogP contribution in [0.1, 0.15) is 5.69 Å². The van der Waals surface area contributed by atoms with Gasteiger partial charge in [0, 0.05) is 12.4 Å². The highest BCUT2D eigenvalue weighted by molar-refractivity contribution is 5.75. The average molecular weight is 137 g/mol. The van der Waals surface area contributed by atoms with E-state index in [-0.39, 0.29) is 0 Å². The van der Waals surface area contributed by atoms with Crippen molar-refractivity contribution in [1.82, 2.24) is 9.97 Å². The molecule has 0 bridgehead atoms. The fourth-order valence-corrected chi connectivity index (χ4v) is 0.484. The topological polar surface area (TPSA) is 47.4 Å². The van der Waals surface area contributed by atoms with Crippen molar-refractivity contribution in [1.29, 1.82) is 0 Å². The molecule has 0 saturated carbocycles.